The van der Waals surface area contributed by atoms with Crippen LogP contribution < -0.4 is 0 Å². The van der Waals surface area contributed by atoms with Gasteiger partial charge in [-0.15, -0.1) is 0 Å². The van der Waals surface area contributed by atoms with Gasteiger partial charge in [0.05, 0.1) is 12.8 Å². The Morgan fingerprint density at radius 2 is 2.12 bits per heavy atom. The molecule has 0 N–H and O–H groups in total. The molecule has 0 aliphatic rings. The van der Waals surface area contributed by atoms with Crippen LogP contribution in [-0.4, -0.2) is 15.9 Å². The molecule has 4 nitrogen and oxygen atoms in total. The Morgan fingerprint density at radius 1 is 1.35 bits per heavy atom. The molecule has 0 saturated heterocycles. The summed E-state index contributed by atoms with van der Waals surface area (Å²) in [4.78, 5) is 15.1. The molecule has 88 valence electrons. The Kier molecular flexibility index (Phi) is 3.32. The van der Waals surface area contributed by atoms with Crippen molar-refractivity contribution >= 4 is 5.78 Å². The van der Waals surface area contributed by atoms with E-state index in [4.69, 9.17) is 4.52 Å². The minimum absolute atomic E-state index is 0.0354. The van der Waals surface area contributed by atoms with Crippen LogP contribution in [0, 0.1) is 6.92 Å². The van der Waals surface area contributed by atoms with Crippen LogP contribution in [0.4, 0.5) is 0 Å². The standard InChI is InChI=1S/C13H14N2O2/c1-9-5-3-4-6-11(9)8-13-14-12(15-17-13)7-10(2)16/h3-6H,7-8H2,1-2H3. The maximum absolute atomic E-state index is 10.9. The van der Waals surface area contributed by atoms with E-state index in [1.54, 1.807) is 0 Å². The number of hydrogen-bond acceptors (Lipinski definition) is 4. The summed E-state index contributed by atoms with van der Waals surface area (Å²) in [6.07, 6.45) is 0.842. The van der Waals surface area contributed by atoms with Gasteiger partial charge in [0, 0.05) is 0 Å². The van der Waals surface area contributed by atoms with Gasteiger partial charge in [0.15, 0.2) is 5.82 Å². The summed E-state index contributed by atoms with van der Waals surface area (Å²) in [5, 5.41) is 3.78. The van der Waals surface area contributed by atoms with E-state index < -0.39 is 0 Å². The lowest BCUT2D eigenvalue weighted by Crippen LogP contribution is -1.98. The third kappa shape index (κ3) is 3.00. The highest BCUT2D eigenvalue weighted by Crippen LogP contribution is 2.12. The van der Waals surface area contributed by atoms with E-state index in [0.717, 1.165) is 5.56 Å². The second-order valence-electron chi connectivity index (χ2n) is 4.09. The molecule has 0 atom stereocenters. The number of Topliss-reactive ketones (excluding diaryl/α,β-unsaturated/α-hetero) is 1. The summed E-state index contributed by atoms with van der Waals surface area (Å²) >= 11 is 0. The number of benzene rings is 1. The van der Waals surface area contributed by atoms with Gasteiger partial charge in [-0.2, -0.15) is 4.98 Å². The van der Waals surface area contributed by atoms with Crippen LogP contribution >= 0.6 is 0 Å². The molecule has 0 aliphatic heterocycles. The molecule has 1 aromatic heterocycles. The molecular formula is C13H14N2O2. The fraction of sp³-hybridized carbons (Fsp3) is 0.308. The molecule has 0 amide bonds. The van der Waals surface area contributed by atoms with E-state index in [-0.39, 0.29) is 12.2 Å². The number of nitrogens with zero attached hydrogens (tertiary/aromatic N) is 2. The SMILES string of the molecule is CC(=O)Cc1noc(Cc2ccccc2C)n1. The quantitative estimate of drug-likeness (QED) is 0.807. The number of aromatic nitrogens is 2. The van der Waals surface area contributed by atoms with Crippen molar-refractivity contribution in [3.05, 3.63) is 47.1 Å². The van der Waals surface area contributed by atoms with Crippen LogP contribution in [0.3, 0.4) is 0 Å². The molecule has 0 fully saturated rings. The Balaban J connectivity index is 2.12. The van der Waals surface area contributed by atoms with Gasteiger partial charge in [-0.1, -0.05) is 29.4 Å². The highest BCUT2D eigenvalue weighted by Gasteiger charge is 2.09. The third-order valence-corrected chi connectivity index (χ3v) is 2.52. The molecule has 4 heteroatoms. The molecule has 0 spiro atoms. The van der Waals surface area contributed by atoms with Crippen LogP contribution in [0.15, 0.2) is 28.8 Å². The predicted molar refractivity (Wildman–Crippen MR) is 62.7 cm³/mol. The summed E-state index contributed by atoms with van der Waals surface area (Å²) in [6.45, 7) is 3.56. The van der Waals surface area contributed by atoms with Crippen LogP contribution in [0.2, 0.25) is 0 Å². The fourth-order valence-corrected chi connectivity index (χ4v) is 1.63. The van der Waals surface area contributed by atoms with Crippen molar-refractivity contribution in [2.45, 2.75) is 26.7 Å². The lowest BCUT2D eigenvalue weighted by atomic mass is 10.1. The summed E-state index contributed by atoms with van der Waals surface area (Å²) in [5.41, 5.74) is 2.35. The van der Waals surface area contributed by atoms with E-state index in [2.05, 4.69) is 10.1 Å². The number of hydrogen-bond donors (Lipinski definition) is 0. The van der Waals surface area contributed by atoms with E-state index in [9.17, 15) is 4.79 Å². The van der Waals surface area contributed by atoms with Gasteiger partial charge >= 0.3 is 0 Å². The van der Waals surface area contributed by atoms with Crippen molar-refractivity contribution in [1.29, 1.82) is 0 Å². The maximum atomic E-state index is 10.9. The average Bonchev–Trinajstić information content (AvgIpc) is 2.68. The first-order valence-corrected chi connectivity index (χ1v) is 5.50. The van der Waals surface area contributed by atoms with Crippen molar-refractivity contribution in [2.24, 2.45) is 0 Å². The number of carbonyl (C=O) groups is 1. The molecule has 0 aliphatic carbocycles. The zero-order chi connectivity index (χ0) is 12.3. The van der Waals surface area contributed by atoms with Gasteiger partial charge in [-0.3, -0.25) is 4.79 Å². The second kappa shape index (κ2) is 4.91. The first-order valence-electron chi connectivity index (χ1n) is 5.50. The summed E-state index contributed by atoms with van der Waals surface area (Å²) in [7, 11) is 0. The normalized spacial score (nSPS) is 10.5. The first-order chi connectivity index (χ1) is 8.15. The van der Waals surface area contributed by atoms with Gasteiger partial charge in [0.25, 0.3) is 0 Å². The Hall–Kier alpha value is -1.97. The van der Waals surface area contributed by atoms with Crippen LogP contribution in [0.5, 0.6) is 0 Å². The number of ketones is 1. The van der Waals surface area contributed by atoms with E-state index in [1.165, 1.54) is 12.5 Å². The largest absolute Gasteiger partial charge is 0.339 e. The van der Waals surface area contributed by atoms with Crippen LogP contribution in [0.1, 0.15) is 29.8 Å². The second-order valence-corrected chi connectivity index (χ2v) is 4.09. The zero-order valence-electron chi connectivity index (χ0n) is 9.93. The molecule has 2 rings (SSSR count). The van der Waals surface area contributed by atoms with E-state index in [1.807, 2.05) is 31.2 Å². The lowest BCUT2D eigenvalue weighted by Gasteiger charge is -2.00. The predicted octanol–water partition coefficient (Wildman–Crippen LogP) is 2.10. The minimum atomic E-state index is 0.0354. The Bertz CT molecular complexity index is 532. The summed E-state index contributed by atoms with van der Waals surface area (Å²) < 4.78 is 5.11. The Labute approximate surface area is 99.7 Å². The van der Waals surface area contributed by atoms with Gasteiger partial charge in [-0.05, 0) is 25.0 Å². The molecule has 1 aromatic carbocycles. The van der Waals surface area contributed by atoms with Crippen molar-refractivity contribution in [3.63, 3.8) is 0 Å². The van der Waals surface area contributed by atoms with Gasteiger partial charge in [0.1, 0.15) is 5.78 Å². The number of rotatable bonds is 4. The molecule has 2 aromatic rings. The molecular weight excluding hydrogens is 216 g/mol. The number of carbonyl (C=O) groups excluding carboxylic acids is 1. The molecule has 0 radical (unpaired) electrons. The van der Waals surface area contributed by atoms with Gasteiger partial charge < -0.3 is 4.52 Å². The average molecular weight is 230 g/mol. The van der Waals surface area contributed by atoms with Crippen molar-refractivity contribution in [1.82, 2.24) is 10.1 Å². The van der Waals surface area contributed by atoms with E-state index in [0.29, 0.717) is 18.1 Å². The molecule has 0 unspecified atom stereocenters. The maximum Gasteiger partial charge on any atom is 0.231 e. The van der Waals surface area contributed by atoms with Gasteiger partial charge in [0.2, 0.25) is 5.89 Å². The van der Waals surface area contributed by atoms with Crippen molar-refractivity contribution < 1.29 is 9.32 Å². The monoisotopic (exact) mass is 230 g/mol. The molecule has 17 heavy (non-hydrogen) atoms. The topological polar surface area (TPSA) is 56.0 Å². The lowest BCUT2D eigenvalue weighted by molar-refractivity contribution is -0.116. The Morgan fingerprint density at radius 3 is 2.82 bits per heavy atom. The van der Waals surface area contributed by atoms with Crippen LogP contribution in [0.25, 0.3) is 0 Å². The minimum Gasteiger partial charge on any atom is -0.339 e. The summed E-state index contributed by atoms with van der Waals surface area (Å²) in [5.74, 6) is 1.05. The van der Waals surface area contributed by atoms with E-state index >= 15 is 0 Å². The van der Waals surface area contributed by atoms with Crippen molar-refractivity contribution in [3.8, 4) is 0 Å². The molecule has 0 saturated carbocycles. The molecule has 0 bridgehead atoms. The molecule has 1 heterocycles. The number of aryl methyl sites for hydroxylation is 1. The smallest absolute Gasteiger partial charge is 0.231 e. The third-order valence-electron chi connectivity index (χ3n) is 2.52. The fourth-order valence-electron chi connectivity index (χ4n) is 1.63. The van der Waals surface area contributed by atoms with Gasteiger partial charge in [-0.25, -0.2) is 0 Å². The summed E-state index contributed by atoms with van der Waals surface area (Å²) in [6, 6.07) is 8.05. The zero-order valence-corrected chi connectivity index (χ0v) is 9.93. The van der Waals surface area contributed by atoms with Crippen molar-refractivity contribution in [2.75, 3.05) is 0 Å². The van der Waals surface area contributed by atoms with Crippen LogP contribution in [-0.2, 0) is 17.6 Å². The highest BCUT2D eigenvalue weighted by atomic mass is 16.5. The highest BCUT2D eigenvalue weighted by molar-refractivity contribution is 5.77. The first kappa shape index (κ1) is 11.5.